The van der Waals surface area contributed by atoms with Crippen molar-refractivity contribution in [2.45, 2.75) is 20.1 Å². The maximum Gasteiger partial charge on any atom is 0.227 e. The second-order valence-electron chi connectivity index (χ2n) is 1.33. The van der Waals surface area contributed by atoms with Gasteiger partial charge in [0, 0.05) is 6.61 Å². The summed E-state index contributed by atoms with van der Waals surface area (Å²) in [5.74, 6) is 0. The second kappa shape index (κ2) is 5.70. The molecule has 0 radical (unpaired) electrons. The highest BCUT2D eigenvalue weighted by Crippen LogP contribution is 2.48. The van der Waals surface area contributed by atoms with Gasteiger partial charge >= 0.3 is 0 Å². The summed E-state index contributed by atoms with van der Waals surface area (Å²) in [4.78, 5) is 0. The molecule has 0 saturated carbocycles. The summed E-state index contributed by atoms with van der Waals surface area (Å²) in [5.41, 5.74) is 0. The highest BCUT2D eigenvalue weighted by molar-refractivity contribution is 8.00. The summed E-state index contributed by atoms with van der Waals surface area (Å²) < 4.78 is 9.84. The van der Waals surface area contributed by atoms with Gasteiger partial charge in [-0.3, -0.25) is 0 Å². The summed E-state index contributed by atoms with van der Waals surface area (Å²) in [7, 11) is 0. The van der Waals surface area contributed by atoms with E-state index in [9.17, 15) is 0 Å². The fourth-order valence-electron chi connectivity index (χ4n) is 0.377. The van der Waals surface area contributed by atoms with Crippen LogP contribution < -0.4 is 0 Å². The lowest BCUT2D eigenvalue weighted by atomic mass is 10.7. The Balaban J connectivity index is 3.15. The van der Waals surface area contributed by atoms with E-state index < -0.39 is 6.85 Å². The van der Waals surface area contributed by atoms with Gasteiger partial charge < -0.3 is 9.26 Å². The molecule has 0 aliphatic carbocycles. The van der Waals surface area contributed by atoms with Crippen molar-refractivity contribution in [1.82, 2.24) is 0 Å². The first-order valence-corrected chi connectivity index (χ1v) is 5.63. The quantitative estimate of drug-likeness (QED) is 0.502. The Morgan fingerprint density at radius 3 is 2.44 bits per heavy atom. The van der Waals surface area contributed by atoms with Gasteiger partial charge in [-0.1, -0.05) is 0 Å². The summed E-state index contributed by atoms with van der Waals surface area (Å²) in [6, 6.07) is 0. The van der Waals surface area contributed by atoms with Crippen LogP contribution in [0.2, 0.25) is 0 Å². The van der Waals surface area contributed by atoms with E-state index in [2.05, 4.69) is 0 Å². The Hall–Kier alpha value is 0.930. The Labute approximate surface area is 65.8 Å². The zero-order valence-corrected chi connectivity index (χ0v) is 7.71. The van der Waals surface area contributed by atoms with Crippen LogP contribution in [0.15, 0.2) is 0 Å². The molecule has 0 aromatic heterocycles. The molecule has 0 spiro atoms. The van der Waals surface area contributed by atoms with Crippen LogP contribution in [0.5, 0.6) is 0 Å². The Bertz CT molecular complexity index is 71.6. The van der Waals surface area contributed by atoms with E-state index in [0.29, 0.717) is 6.61 Å². The van der Waals surface area contributed by atoms with Crippen molar-refractivity contribution in [1.29, 1.82) is 0 Å². The molecule has 0 aliphatic heterocycles. The number of hydrogen-bond acceptors (Lipinski definition) is 2. The lowest BCUT2D eigenvalue weighted by Gasteiger charge is -2.11. The first-order chi connectivity index (χ1) is 4.16. The third-order valence-electron chi connectivity index (χ3n) is 0.629. The lowest BCUT2D eigenvalue weighted by molar-refractivity contribution is -0.0522. The van der Waals surface area contributed by atoms with Gasteiger partial charge in [0.15, 0.2) is 6.29 Å². The molecule has 0 amide bonds. The van der Waals surface area contributed by atoms with Gasteiger partial charge in [0.25, 0.3) is 0 Å². The van der Waals surface area contributed by atoms with Crippen molar-refractivity contribution in [2.75, 3.05) is 6.61 Å². The summed E-state index contributed by atoms with van der Waals surface area (Å²) in [6.45, 7) is 2.91. The molecule has 1 atom stereocenters. The molecule has 56 valence electrons. The van der Waals surface area contributed by atoms with E-state index in [1.807, 2.05) is 6.92 Å². The average molecular weight is 191 g/mol. The van der Waals surface area contributed by atoms with E-state index in [0.717, 1.165) is 0 Å². The molecule has 0 aromatic carbocycles. The van der Waals surface area contributed by atoms with Crippen LogP contribution in [0, 0.1) is 0 Å². The fourth-order valence-corrected chi connectivity index (χ4v) is 1.34. The maximum absolute atomic E-state index is 5.34. The first kappa shape index (κ1) is 9.93. The average Bonchev–Trinajstić information content (AvgIpc) is 1.63. The summed E-state index contributed by atoms with van der Waals surface area (Å²) in [5, 5.41) is 0. The minimum absolute atomic E-state index is 0.295. The van der Waals surface area contributed by atoms with Crippen LogP contribution >= 0.6 is 29.3 Å². The van der Waals surface area contributed by atoms with E-state index in [1.54, 1.807) is 6.92 Å². The van der Waals surface area contributed by atoms with Crippen molar-refractivity contribution < 1.29 is 9.26 Å². The lowest BCUT2D eigenvalue weighted by Crippen LogP contribution is -2.07. The third-order valence-corrected chi connectivity index (χ3v) is 1.56. The van der Waals surface area contributed by atoms with E-state index >= 15 is 0 Å². The van der Waals surface area contributed by atoms with Crippen molar-refractivity contribution >= 4 is 29.3 Å². The second-order valence-corrected chi connectivity index (χ2v) is 4.31. The molecule has 5 heteroatoms. The molecule has 9 heavy (non-hydrogen) atoms. The SMILES string of the molecule is CCOC(C)OP(Cl)Cl. The fraction of sp³-hybridized carbons (Fsp3) is 1.00. The minimum Gasteiger partial charge on any atom is -0.353 e. The van der Waals surface area contributed by atoms with Crippen molar-refractivity contribution in [3.63, 3.8) is 0 Å². The number of halogens is 2. The molecular weight excluding hydrogens is 182 g/mol. The van der Waals surface area contributed by atoms with Gasteiger partial charge in [-0.05, 0) is 36.3 Å². The third kappa shape index (κ3) is 6.82. The standard InChI is InChI=1S/C4H9Cl2O2P/c1-3-7-4(2)8-9(5)6/h4H,3H2,1-2H3. The summed E-state index contributed by atoms with van der Waals surface area (Å²) in [6.07, 6.45) is -0.295. The first-order valence-electron chi connectivity index (χ1n) is 2.57. The van der Waals surface area contributed by atoms with Crippen LogP contribution in [0.1, 0.15) is 13.8 Å². The normalized spacial score (nSPS) is 14.3. The van der Waals surface area contributed by atoms with Crippen molar-refractivity contribution in [2.24, 2.45) is 0 Å². The van der Waals surface area contributed by atoms with Crippen LogP contribution in [-0.2, 0) is 9.26 Å². The molecule has 1 unspecified atom stereocenters. The Morgan fingerprint density at radius 2 is 2.11 bits per heavy atom. The molecule has 0 bridgehead atoms. The Morgan fingerprint density at radius 1 is 1.56 bits per heavy atom. The van der Waals surface area contributed by atoms with Crippen molar-refractivity contribution in [3.8, 4) is 0 Å². The van der Waals surface area contributed by atoms with Crippen LogP contribution in [-0.4, -0.2) is 12.9 Å². The molecule has 0 fully saturated rings. The molecule has 0 heterocycles. The molecule has 0 aromatic rings. The maximum atomic E-state index is 5.34. The number of rotatable bonds is 4. The van der Waals surface area contributed by atoms with Gasteiger partial charge in [0.1, 0.15) is 0 Å². The predicted octanol–water partition coefficient (Wildman–Crippen LogP) is 3.09. The van der Waals surface area contributed by atoms with E-state index in [-0.39, 0.29) is 6.29 Å². The highest BCUT2D eigenvalue weighted by atomic mass is 35.9. The zero-order valence-electron chi connectivity index (χ0n) is 5.30. The minimum atomic E-state index is -1.33. The van der Waals surface area contributed by atoms with Gasteiger partial charge in [0.2, 0.25) is 6.85 Å². The monoisotopic (exact) mass is 190 g/mol. The topological polar surface area (TPSA) is 18.5 Å². The predicted molar refractivity (Wildman–Crippen MR) is 40.8 cm³/mol. The van der Waals surface area contributed by atoms with Gasteiger partial charge in [-0.2, -0.15) is 0 Å². The Kier molecular flexibility index (Phi) is 6.28. The molecule has 0 rings (SSSR count). The largest absolute Gasteiger partial charge is 0.353 e. The molecule has 0 aliphatic rings. The molecule has 0 N–H and O–H groups in total. The number of hydrogen-bond donors (Lipinski definition) is 0. The molecular formula is C4H9Cl2O2P. The van der Waals surface area contributed by atoms with Crippen LogP contribution in [0.3, 0.4) is 0 Å². The van der Waals surface area contributed by atoms with E-state index in [1.165, 1.54) is 0 Å². The van der Waals surface area contributed by atoms with Crippen molar-refractivity contribution in [3.05, 3.63) is 0 Å². The highest BCUT2D eigenvalue weighted by Gasteiger charge is 2.05. The zero-order chi connectivity index (χ0) is 7.28. The molecule has 2 nitrogen and oxygen atoms in total. The van der Waals surface area contributed by atoms with E-state index in [4.69, 9.17) is 31.7 Å². The van der Waals surface area contributed by atoms with Gasteiger partial charge in [-0.25, -0.2) is 0 Å². The van der Waals surface area contributed by atoms with Gasteiger partial charge in [0.05, 0.1) is 0 Å². The van der Waals surface area contributed by atoms with Crippen LogP contribution in [0.4, 0.5) is 0 Å². The smallest absolute Gasteiger partial charge is 0.227 e. The van der Waals surface area contributed by atoms with Crippen LogP contribution in [0.25, 0.3) is 0 Å². The molecule has 0 saturated heterocycles. The number of ether oxygens (including phenoxy) is 1. The van der Waals surface area contributed by atoms with Gasteiger partial charge in [-0.15, -0.1) is 0 Å². The summed E-state index contributed by atoms with van der Waals surface area (Å²) >= 11 is 10.7.